The second-order valence-corrected chi connectivity index (χ2v) is 6.58. The lowest BCUT2D eigenvalue weighted by Crippen LogP contribution is -2.34. The Morgan fingerprint density at radius 3 is 2.76 bits per heavy atom. The molecule has 1 atom stereocenters. The van der Waals surface area contributed by atoms with Gasteiger partial charge in [0.15, 0.2) is 0 Å². The molecule has 4 heteroatoms. The van der Waals surface area contributed by atoms with Gasteiger partial charge in [0.2, 0.25) is 5.91 Å². The first-order valence-corrected chi connectivity index (χ1v) is 8.71. The number of nitrogens with zero attached hydrogens (tertiary/aromatic N) is 1. The van der Waals surface area contributed by atoms with Crippen LogP contribution in [0.4, 0.5) is 0 Å². The topological polar surface area (TPSA) is 55.1 Å². The molecule has 2 aromatic heterocycles. The molecule has 1 N–H and O–H groups in total. The largest absolute Gasteiger partial charge is 0.469 e. The van der Waals surface area contributed by atoms with Crippen molar-refractivity contribution in [2.75, 3.05) is 0 Å². The molecule has 3 rings (SSSR count). The number of fused-ring (bicyclic) bond motifs is 1. The summed E-state index contributed by atoms with van der Waals surface area (Å²) in [6.45, 7) is 6.07. The Morgan fingerprint density at radius 2 is 2.00 bits per heavy atom. The zero-order valence-electron chi connectivity index (χ0n) is 15.0. The highest BCUT2D eigenvalue weighted by Crippen LogP contribution is 2.22. The lowest BCUT2D eigenvalue weighted by Gasteiger charge is -2.16. The lowest BCUT2D eigenvalue weighted by molar-refractivity contribution is -0.121. The van der Waals surface area contributed by atoms with E-state index in [1.807, 2.05) is 44.2 Å². The zero-order chi connectivity index (χ0) is 17.8. The van der Waals surface area contributed by atoms with Crippen LogP contribution in [-0.2, 0) is 17.6 Å². The van der Waals surface area contributed by atoms with Crippen LogP contribution in [0.5, 0.6) is 0 Å². The van der Waals surface area contributed by atoms with Gasteiger partial charge in [-0.3, -0.25) is 9.78 Å². The number of nitrogens with one attached hydrogen (secondary N) is 1. The second kappa shape index (κ2) is 7.51. The van der Waals surface area contributed by atoms with E-state index in [-0.39, 0.29) is 11.9 Å². The van der Waals surface area contributed by atoms with E-state index in [9.17, 15) is 4.79 Å². The molecule has 0 aliphatic carbocycles. The van der Waals surface area contributed by atoms with Gasteiger partial charge in [-0.05, 0) is 56.5 Å². The third kappa shape index (κ3) is 4.08. The Morgan fingerprint density at radius 1 is 1.20 bits per heavy atom. The maximum Gasteiger partial charge on any atom is 0.224 e. The number of para-hydroxylation sites is 1. The summed E-state index contributed by atoms with van der Waals surface area (Å²) in [7, 11) is 0. The number of furan rings is 1. The van der Waals surface area contributed by atoms with Gasteiger partial charge in [0.25, 0.3) is 0 Å². The van der Waals surface area contributed by atoms with Crippen molar-refractivity contribution in [2.45, 2.75) is 46.1 Å². The molecule has 25 heavy (non-hydrogen) atoms. The van der Waals surface area contributed by atoms with E-state index in [0.717, 1.165) is 46.3 Å². The molecule has 1 unspecified atom stereocenters. The number of pyridine rings is 1. The number of benzene rings is 1. The highest BCUT2D eigenvalue weighted by molar-refractivity contribution is 5.86. The lowest BCUT2D eigenvalue weighted by atomic mass is 9.99. The van der Waals surface area contributed by atoms with E-state index in [1.54, 1.807) is 6.26 Å². The Kier molecular flexibility index (Phi) is 5.17. The molecule has 1 aromatic carbocycles. The van der Waals surface area contributed by atoms with Gasteiger partial charge in [-0.15, -0.1) is 0 Å². The van der Waals surface area contributed by atoms with E-state index in [0.29, 0.717) is 6.42 Å². The summed E-state index contributed by atoms with van der Waals surface area (Å²) < 4.78 is 5.34. The standard InChI is InChI=1S/C21H24N2O2/c1-14(10-11-17-7-6-12-25-17)22-21(24)13-19-15(2)18-8-4-5-9-20(18)23-16(19)3/h4-9,12,14H,10-11,13H2,1-3H3,(H,22,24). The maximum atomic E-state index is 12.5. The van der Waals surface area contributed by atoms with Gasteiger partial charge in [-0.1, -0.05) is 18.2 Å². The molecular weight excluding hydrogens is 312 g/mol. The highest BCUT2D eigenvalue weighted by atomic mass is 16.3. The maximum absolute atomic E-state index is 12.5. The van der Waals surface area contributed by atoms with Crippen molar-refractivity contribution in [3.8, 4) is 0 Å². The van der Waals surface area contributed by atoms with Gasteiger partial charge in [-0.2, -0.15) is 0 Å². The van der Waals surface area contributed by atoms with Crippen LogP contribution in [-0.4, -0.2) is 16.9 Å². The van der Waals surface area contributed by atoms with Crippen LogP contribution in [0, 0.1) is 13.8 Å². The zero-order valence-corrected chi connectivity index (χ0v) is 15.0. The van der Waals surface area contributed by atoms with Crippen LogP contribution < -0.4 is 5.32 Å². The molecule has 0 bridgehead atoms. The van der Waals surface area contributed by atoms with E-state index >= 15 is 0 Å². The summed E-state index contributed by atoms with van der Waals surface area (Å²) in [6.07, 6.45) is 3.72. The smallest absolute Gasteiger partial charge is 0.224 e. The summed E-state index contributed by atoms with van der Waals surface area (Å²) in [6, 6.07) is 12.0. The quantitative estimate of drug-likeness (QED) is 0.736. The Balaban J connectivity index is 1.65. The summed E-state index contributed by atoms with van der Waals surface area (Å²) in [5.41, 5.74) is 4.07. The van der Waals surface area contributed by atoms with Crippen LogP contribution in [0.1, 0.15) is 35.9 Å². The number of hydrogen-bond donors (Lipinski definition) is 1. The third-order valence-electron chi connectivity index (χ3n) is 4.63. The number of aryl methyl sites for hydroxylation is 3. The van der Waals surface area contributed by atoms with Crippen LogP contribution in [0.3, 0.4) is 0 Å². The number of aromatic nitrogens is 1. The molecule has 0 saturated carbocycles. The molecule has 0 spiro atoms. The number of hydrogen-bond acceptors (Lipinski definition) is 3. The van der Waals surface area contributed by atoms with Crippen molar-refractivity contribution in [1.29, 1.82) is 0 Å². The monoisotopic (exact) mass is 336 g/mol. The molecule has 0 radical (unpaired) electrons. The molecule has 0 saturated heterocycles. The van der Waals surface area contributed by atoms with Crippen molar-refractivity contribution < 1.29 is 9.21 Å². The van der Waals surface area contributed by atoms with Crippen LogP contribution >= 0.6 is 0 Å². The van der Waals surface area contributed by atoms with Gasteiger partial charge < -0.3 is 9.73 Å². The fourth-order valence-electron chi connectivity index (χ4n) is 3.20. The first-order valence-electron chi connectivity index (χ1n) is 8.71. The third-order valence-corrected chi connectivity index (χ3v) is 4.63. The average Bonchev–Trinajstić information content (AvgIpc) is 3.10. The number of amides is 1. The normalized spacial score (nSPS) is 12.3. The first kappa shape index (κ1) is 17.2. The van der Waals surface area contributed by atoms with E-state index in [1.165, 1.54) is 0 Å². The van der Waals surface area contributed by atoms with Gasteiger partial charge in [-0.25, -0.2) is 0 Å². The fraction of sp³-hybridized carbons (Fsp3) is 0.333. The highest BCUT2D eigenvalue weighted by Gasteiger charge is 2.14. The predicted molar refractivity (Wildman–Crippen MR) is 99.6 cm³/mol. The first-order chi connectivity index (χ1) is 12.0. The summed E-state index contributed by atoms with van der Waals surface area (Å²) in [5.74, 6) is 0.988. The molecule has 3 aromatic rings. The van der Waals surface area contributed by atoms with E-state index in [4.69, 9.17) is 4.42 Å². The molecule has 0 aliphatic rings. The Hall–Kier alpha value is -2.62. The Labute approximate surface area is 148 Å². The minimum atomic E-state index is 0.0372. The summed E-state index contributed by atoms with van der Waals surface area (Å²) in [5, 5.41) is 4.20. The van der Waals surface area contributed by atoms with Gasteiger partial charge in [0, 0.05) is 23.5 Å². The summed E-state index contributed by atoms with van der Waals surface area (Å²) >= 11 is 0. The SMILES string of the molecule is Cc1nc2ccccc2c(C)c1CC(=O)NC(C)CCc1ccco1. The van der Waals surface area contributed by atoms with Gasteiger partial charge >= 0.3 is 0 Å². The molecular formula is C21H24N2O2. The van der Waals surface area contributed by atoms with Crippen LogP contribution in [0.15, 0.2) is 47.1 Å². The van der Waals surface area contributed by atoms with Gasteiger partial charge in [0.05, 0.1) is 18.2 Å². The summed E-state index contributed by atoms with van der Waals surface area (Å²) in [4.78, 5) is 17.1. The molecule has 0 aliphatic heterocycles. The van der Waals surface area contributed by atoms with Gasteiger partial charge in [0.1, 0.15) is 5.76 Å². The van der Waals surface area contributed by atoms with Crippen LogP contribution in [0.2, 0.25) is 0 Å². The molecule has 1 amide bonds. The second-order valence-electron chi connectivity index (χ2n) is 6.58. The van der Waals surface area contributed by atoms with Crippen molar-refractivity contribution in [2.24, 2.45) is 0 Å². The van der Waals surface area contributed by atoms with Crippen molar-refractivity contribution in [3.63, 3.8) is 0 Å². The number of rotatable bonds is 6. The molecule has 4 nitrogen and oxygen atoms in total. The van der Waals surface area contributed by atoms with Crippen LogP contribution in [0.25, 0.3) is 10.9 Å². The van der Waals surface area contributed by atoms with E-state index < -0.39 is 0 Å². The van der Waals surface area contributed by atoms with Crippen molar-refractivity contribution >= 4 is 16.8 Å². The fourth-order valence-corrected chi connectivity index (χ4v) is 3.20. The number of carbonyl (C=O) groups excluding carboxylic acids is 1. The predicted octanol–water partition coefficient (Wildman–Crippen LogP) is 4.12. The molecule has 2 heterocycles. The van der Waals surface area contributed by atoms with Crippen molar-refractivity contribution in [3.05, 3.63) is 65.2 Å². The molecule has 130 valence electrons. The van der Waals surface area contributed by atoms with E-state index in [2.05, 4.69) is 23.3 Å². The number of carbonyl (C=O) groups is 1. The minimum Gasteiger partial charge on any atom is -0.469 e. The molecule has 0 fully saturated rings. The van der Waals surface area contributed by atoms with Crippen molar-refractivity contribution in [1.82, 2.24) is 10.3 Å². The minimum absolute atomic E-state index is 0.0372. The average molecular weight is 336 g/mol. The Bertz CT molecular complexity index is 869.